The third-order valence-electron chi connectivity index (χ3n) is 7.15. The summed E-state index contributed by atoms with van der Waals surface area (Å²) in [5.41, 5.74) is 12.7. The van der Waals surface area contributed by atoms with Gasteiger partial charge in [0.1, 0.15) is 11.6 Å². The summed E-state index contributed by atoms with van der Waals surface area (Å²) >= 11 is 0. The van der Waals surface area contributed by atoms with Gasteiger partial charge >= 0.3 is 6.18 Å². The van der Waals surface area contributed by atoms with Crippen LogP contribution in [0.3, 0.4) is 0 Å². The van der Waals surface area contributed by atoms with Crippen LogP contribution in [0.2, 0.25) is 0 Å². The Morgan fingerprint density at radius 2 is 1.75 bits per heavy atom. The zero-order chi connectivity index (χ0) is 26.4. The van der Waals surface area contributed by atoms with E-state index in [1.165, 1.54) is 13.2 Å². The number of hydrogen-bond acceptors (Lipinski definition) is 7. The number of nitrogens with zero attached hydrogens (tertiary/aromatic N) is 2. The Labute approximate surface area is 207 Å². The van der Waals surface area contributed by atoms with Crippen LogP contribution in [0, 0.1) is 12.3 Å². The monoisotopic (exact) mass is 504 g/mol. The van der Waals surface area contributed by atoms with Gasteiger partial charge in [-0.1, -0.05) is 6.92 Å². The number of anilines is 2. The fourth-order valence-corrected chi connectivity index (χ4v) is 4.70. The first-order valence-corrected chi connectivity index (χ1v) is 11.7. The number of ether oxygens (including phenoxy) is 3. The standard InChI is InChI=1S/C26H31F3N4O3/c1-13(16-8-17(26(27,28)29)10-18(30)9-16)21-22-19(32-15(3)33-24(22)31)11-20(35-5)23(21)36-12-25(6-7-25)14(2)34-4/h8-11,13-14H,6-7,12,30H2,1-5H3,(H2,31,32,33). The molecule has 4 N–H and O–H groups in total. The number of nitrogen functional groups attached to an aromatic ring is 2. The first-order valence-electron chi connectivity index (χ1n) is 11.7. The average molecular weight is 505 g/mol. The third-order valence-corrected chi connectivity index (χ3v) is 7.15. The van der Waals surface area contributed by atoms with Crippen LogP contribution in [0.4, 0.5) is 24.7 Å². The minimum atomic E-state index is -4.55. The Morgan fingerprint density at radius 3 is 2.33 bits per heavy atom. The van der Waals surface area contributed by atoms with E-state index in [-0.39, 0.29) is 23.0 Å². The Hall–Kier alpha value is -3.27. The van der Waals surface area contributed by atoms with Crippen molar-refractivity contribution in [3.8, 4) is 11.5 Å². The summed E-state index contributed by atoms with van der Waals surface area (Å²) in [6, 6.07) is 5.25. The molecule has 194 valence electrons. The van der Waals surface area contributed by atoms with Gasteiger partial charge in [0.15, 0.2) is 11.5 Å². The number of hydrogen-bond donors (Lipinski definition) is 2. The van der Waals surface area contributed by atoms with Gasteiger partial charge in [0.25, 0.3) is 0 Å². The molecule has 0 amide bonds. The Morgan fingerprint density at radius 1 is 1.06 bits per heavy atom. The summed E-state index contributed by atoms with van der Waals surface area (Å²) in [5, 5.41) is 0.504. The molecule has 0 bridgehead atoms. The van der Waals surface area contributed by atoms with Gasteiger partial charge in [-0.25, -0.2) is 9.97 Å². The second-order valence-electron chi connectivity index (χ2n) is 9.51. The largest absolute Gasteiger partial charge is 0.493 e. The van der Waals surface area contributed by atoms with Crippen LogP contribution in [0.5, 0.6) is 11.5 Å². The summed E-state index contributed by atoms with van der Waals surface area (Å²) in [7, 11) is 3.17. The third kappa shape index (κ3) is 4.74. The predicted octanol–water partition coefficient (Wildman–Crippen LogP) is 5.48. The molecule has 1 aromatic heterocycles. The van der Waals surface area contributed by atoms with Crippen LogP contribution in [0.25, 0.3) is 10.9 Å². The van der Waals surface area contributed by atoms with Gasteiger partial charge in [0, 0.05) is 35.8 Å². The van der Waals surface area contributed by atoms with E-state index in [0.29, 0.717) is 46.0 Å². The molecule has 36 heavy (non-hydrogen) atoms. The Kier molecular flexibility index (Phi) is 6.68. The van der Waals surface area contributed by atoms with Crippen molar-refractivity contribution in [3.05, 3.63) is 46.8 Å². The van der Waals surface area contributed by atoms with Crippen molar-refractivity contribution in [2.45, 2.75) is 51.8 Å². The Balaban J connectivity index is 1.93. The number of aromatic nitrogens is 2. The highest BCUT2D eigenvalue weighted by molar-refractivity contribution is 5.95. The van der Waals surface area contributed by atoms with Crippen LogP contribution in [0.1, 0.15) is 55.1 Å². The van der Waals surface area contributed by atoms with E-state index in [4.69, 9.17) is 25.7 Å². The van der Waals surface area contributed by atoms with E-state index in [2.05, 4.69) is 9.97 Å². The SMILES string of the molecule is COc1cc2nc(C)nc(N)c2c(C(C)c2cc(N)cc(C(F)(F)F)c2)c1OCC1(C(C)OC)CC1. The first kappa shape index (κ1) is 25.8. The van der Waals surface area contributed by atoms with Gasteiger partial charge in [-0.15, -0.1) is 0 Å². The van der Waals surface area contributed by atoms with Crippen LogP contribution in [0.15, 0.2) is 24.3 Å². The molecule has 10 heteroatoms. The van der Waals surface area contributed by atoms with Gasteiger partial charge in [-0.2, -0.15) is 13.2 Å². The number of halogens is 3. The van der Waals surface area contributed by atoms with Crippen molar-refractivity contribution in [1.29, 1.82) is 0 Å². The van der Waals surface area contributed by atoms with Gasteiger partial charge in [-0.05, 0) is 50.5 Å². The molecule has 3 aromatic rings. The maximum atomic E-state index is 13.6. The highest BCUT2D eigenvalue weighted by atomic mass is 19.4. The molecule has 2 atom stereocenters. The maximum Gasteiger partial charge on any atom is 0.416 e. The topological polar surface area (TPSA) is 106 Å². The van der Waals surface area contributed by atoms with E-state index in [1.807, 2.05) is 6.92 Å². The molecular formula is C26H31F3N4O3. The van der Waals surface area contributed by atoms with Crippen molar-refractivity contribution in [2.75, 3.05) is 32.3 Å². The van der Waals surface area contributed by atoms with Crippen LogP contribution in [-0.4, -0.2) is 36.9 Å². The molecule has 0 spiro atoms. The van der Waals surface area contributed by atoms with Gasteiger partial charge in [0.05, 0.1) is 36.3 Å². The number of benzene rings is 2. The highest BCUT2D eigenvalue weighted by Crippen LogP contribution is 2.52. The van der Waals surface area contributed by atoms with E-state index in [9.17, 15) is 13.2 Å². The van der Waals surface area contributed by atoms with Gasteiger partial charge in [-0.3, -0.25) is 0 Å². The van der Waals surface area contributed by atoms with Crippen molar-refractivity contribution < 1.29 is 27.4 Å². The molecule has 1 fully saturated rings. The number of rotatable bonds is 8. The number of alkyl halides is 3. The summed E-state index contributed by atoms with van der Waals surface area (Å²) in [4.78, 5) is 8.83. The van der Waals surface area contributed by atoms with Crippen molar-refractivity contribution in [1.82, 2.24) is 9.97 Å². The number of nitrogens with two attached hydrogens (primary N) is 2. The van der Waals surface area contributed by atoms with E-state index < -0.39 is 17.7 Å². The minimum absolute atomic E-state index is 0.00673. The normalized spacial score (nSPS) is 16.6. The van der Waals surface area contributed by atoms with E-state index in [1.54, 1.807) is 27.0 Å². The molecule has 0 saturated heterocycles. The molecule has 0 radical (unpaired) electrons. The quantitative estimate of drug-likeness (QED) is 0.392. The number of aryl methyl sites for hydroxylation is 1. The molecule has 1 aliphatic rings. The lowest BCUT2D eigenvalue weighted by Crippen LogP contribution is -2.27. The van der Waals surface area contributed by atoms with Gasteiger partial charge < -0.3 is 25.7 Å². The molecule has 2 unspecified atom stereocenters. The summed E-state index contributed by atoms with van der Waals surface area (Å²) in [6.07, 6.45) is -2.69. The lowest BCUT2D eigenvalue weighted by molar-refractivity contribution is -0.137. The number of fused-ring (bicyclic) bond motifs is 1. The molecule has 7 nitrogen and oxygen atoms in total. The van der Waals surface area contributed by atoms with E-state index in [0.717, 1.165) is 25.0 Å². The van der Waals surface area contributed by atoms with Gasteiger partial charge in [0.2, 0.25) is 0 Å². The molecule has 1 aliphatic carbocycles. The van der Waals surface area contributed by atoms with E-state index >= 15 is 0 Å². The summed E-state index contributed by atoms with van der Waals surface area (Å²) in [5.74, 6) is 0.859. The van der Waals surface area contributed by atoms with Crippen LogP contribution < -0.4 is 20.9 Å². The van der Waals surface area contributed by atoms with Crippen molar-refractivity contribution in [2.24, 2.45) is 5.41 Å². The summed E-state index contributed by atoms with van der Waals surface area (Å²) < 4.78 is 58.4. The molecule has 2 aromatic carbocycles. The Bertz CT molecular complexity index is 1290. The van der Waals surface area contributed by atoms with Crippen molar-refractivity contribution in [3.63, 3.8) is 0 Å². The zero-order valence-electron chi connectivity index (χ0n) is 21.0. The van der Waals surface area contributed by atoms with Crippen LogP contribution >= 0.6 is 0 Å². The second kappa shape index (κ2) is 9.31. The maximum absolute atomic E-state index is 13.6. The summed E-state index contributed by atoms with van der Waals surface area (Å²) in [6.45, 7) is 5.84. The molecular weight excluding hydrogens is 473 g/mol. The molecule has 1 heterocycles. The van der Waals surface area contributed by atoms with Crippen molar-refractivity contribution >= 4 is 22.4 Å². The fraction of sp³-hybridized carbons (Fsp3) is 0.462. The second-order valence-corrected chi connectivity index (χ2v) is 9.51. The predicted molar refractivity (Wildman–Crippen MR) is 132 cm³/mol. The lowest BCUT2D eigenvalue weighted by Gasteiger charge is -2.27. The highest BCUT2D eigenvalue weighted by Gasteiger charge is 2.49. The average Bonchev–Trinajstić information content (AvgIpc) is 3.61. The molecule has 1 saturated carbocycles. The lowest BCUT2D eigenvalue weighted by atomic mass is 9.88. The number of methoxy groups -OCH3 is 2. The first-order chi connectivity index (χ1) is 16.9. The minimum Gasteiger partial charge on any atom is -0.493 e. The fourth-order valence-electron chi connectivity index (χ4n) is 4.70. The molecule has 0 aliphatic heterocycles. The van der Waals surface area contributed by atoms with Crippen LogP contribution in [-0.2, 0) is 10.9 Å². The smallest absolute Gasteiger partial charge is 0.416 e. The zero-order valence-corrected chi connectivity index (χ0v) is 21.0. The molecule has 4 rings (SSSR count).